The first kappa shape index (κ1) is 15.6. The number of hydrogen-bond acceptors (Lipinski definition) is 4. The largest absolute Gasteiger partial charge is 0.491 e. The minimum atomic E-state index is -1.26. The van der Waals surface area contributed by atoms with Crippen LogP contribution >= 0.6 is 0 Å². The van der Waals surface area contributed by atoms with Gasteiger partial charge in [0.05, 0.1) is 5.56 Å². The first-order chi connectivity index (χ1) is 9.31. The molecule has 0 spiro atoms. The fourth-order valence-electron chi connectivity index (χ4n) is 1.47. The molecule has 0 aliphatic heterocycles. The Morgan fingerprint density at radius 2 is 2.00 bits per heavy atom. The Labute approximate surface area is 114 Å². The van der Waals surface area contributed by atoms with Gasteiger partial charge in [0.2, 0.25) is 5.91 Å². The molecule has 2 N–H and O–H groups in total. The van der Waals surface area contributed by atoms with E-state index in [0.29, 0.717) is 0 Å². The molecule has 6 nitrogen and oxygen atoms in total. The summed E-state index contributed by atoms with van der Waals surface area (Å²) in [5, 5.41) is 11.0. The van der Waals surface area contributed by atoms with Gasteiger partial charge >= 0.3 is 5.97 Å². The summed E-state index contributed by atoms with van der Waals surface area (Å²) in [6, 6.07) is 2.36. The third-order valence-corrected chi connectivity index (χ3v) is 2.41. The molecule has 0 radical (unpaired) electrons. The van der Waals surface area contributed by atoms with E-state index in [0.717, 1.165) is 6.07 Å². The summed E-state index contributed by atoms with van der Waals surface area (Å²) in [7, 11) is 0. The highest BCUT2D eigenvalue weighted by Crippen LogP contribution is 2.17. The summed E-state index contributed by atoms with van der Waals surface area (Å²) in [6.07, 6.45) is 0. The molecule has 0 bridgehead atoms. The first-order valence-electron chi connectivity index (χ1n) is 5.74. The zero-order chi connectivity index (χ0) is 15.3. The quantitative estimate of drug-likeness (QED) is 0.760. The van der Waals surface area contributed by atoms with Crippen molar-refractivity contribution in [3.63, 3.8) is 0 Å². The van der Waals surface area contributed by atoms with E-state index in [2.05, 4.69) is 5.32 Å². The number of rotatable bonds is 6. The molecule has 1 atom stereocenters. The highest BCUT2D eigenvalue weighted by atomic mass is 19.1. The molecule has 1 aromatic rings. The molecule has 0 aromatic heterocycles. The van der Waals surface area contributed by atoms with Crippen LogP contribution in [0.1, 0.15) is 24.2 Å². The van der Waals surface area contributed by atoms with Gasteiger partial charge in [-0.2, -0.15) is 0 Å². The van der Waals surface area contributed by atoms with Gasteiger partial charge in [-0.1, -0.05) is 0 Å². The summed E-state index contributed by atoms with van der Waals surface area (Å²) >= 11 is 0. The average molecular weight is 283 g/mol. The maximum Gasteiger partial charge on any atom is 0.329 e. The van der Waals surface area contributed by atoms with E-state index in [-0.39, 0.29) is 17.9 Å². The lowest BCUT2D eigenvalue weighted by Gasteiger charge is -2.14. The predicted octanol–water partition coefficient (Wildman–Crippen LogP) is 0.996. The summed E-state index contributed by atoms with van der Waals surface area (Å²) < 4.78 is 18.6. The fraction of sp³-hybridized carbons (Fsp3) is 0.308. The number of nitrogens with one attached hydrogen (secondary N) is 1. The highest BCUT2D eigenvalue weighted by molar-refractivity contribution is 5.94. The van der Waals surface area contributed by atoms with Crippen LogP contribution in [0, 0.1) is 5.82 Å². The lowest BCUT2D eigenvalue weighted by atomic mass is 10.1. The predicted molar refractivity (Wildman–Crippen MR) is 67.1 cm³/mol. The van der Waals surface area contributed by atoms with Gasteiger partial charge in [-0.3, -0.25) is 9.59 Å². The minimum absolute atomic E-state index is 0.0732. The molecule has 1 aromatic carbocycles. The smallest absolute Gasteiger partial charge is 0.329 e. The topological polar surface area (TPSA) is 92.7 Å². The van der Waals surface area contributed by atoms with Crippen molar-refractivity contribution in [2.45, 2.75) is 19.9 Å². The van der Waals surface area contributed by atoms with Crippen molar-refractivity contribution in [1.82, 2.24) is 5.32 Å². The van der Waals surface area contributed by atoms with Crippen molar-refractivity contribution in [3.8, 4) is 5.75 Å². The van der Waals surface area contributed by atoms with Crippen molar-refractivity contribution < 1.29 is 28.6 Å². The number of amides is 1. The van der Waals surface area contributed by atoms with E-state index in [1.54, 1.807) is 0 Å². The van der Waals surface area contributed by atoms with Crippen molar-refractivity contribution in [1.29, 1.82) is 0 Å². The van der Waals surface area contributed by atoms with Gasteiger partial charge in [0.15, 0.2) is 11.8 Å². The molecule has 1 unspecified atom stereocenters. The lowest BCUT2D eigenvalue weighted by Crippen LogP contribution is -2.43. The molecule has 1 rings (SSSR count). The summed E-state index contributed by atoms with van der Waals surface area (Å²) in [6.45, 7) is 2.06. The molecule has 0 aliphatic rings. The highest BCUT2D eigenvalue weighted by Gasteiger charge is 2.19. The van der Waals surface area contributed by atoms with Crippen molar-refractivity contribution >= 4 is 17.7 Å². The van der Waals surface area contributed by atoms with Gasteiger partial charge in [0.25, 0.3) is 0 Å². The third-order valence-electron chi connectivity index (χ3n) is 2.41. The van der Waals surface area contributed by atoms with E-state index in [9.17, 15) is 18.8 Å². The van der Waals surface area contributed by atoms with E-state index >= 15 is 0 Å². The molecular formula is C13H14FNO5. The second kappa shape index (κ2) is 6.65. The monoisotopic (exact) mass is 283 g/mol. The number of ether oxygens (including phenoxy) is 1. The van der Waals surface area contributed by atoms with E-state index < -0.39 is 29.5 Å². The van der Waals surface area contributed by atoms with Crippen LogP contribution in [0.15, 0.2) is 18.2 Å². The number of carbonyl (C=O) groups is 3. The number of ketones is 1. The summed E-state index contributed by atoms with van der Waals surface area (Å²) in [5.74, 6) is -2.87. The molecular weight excluding hydrogens is 269 g/mol. The van der Waals surface area contributed by atoms with E-state index in [1.165, 1.54) is 26.0 Å². The van der Waals surface area contributed by atoms with Crippen LogP contribution in [0.4, 0.5) is 4.39 Å². The average Bonchev–Trinajstić information content (AvgIpc) is 2.33. The zero-order valence-corrected chi connectivity index (χ0v) is 11.0. The number of carbonyl (C=O) groups excluding carboxylic acids is 2. The molecule has 0 saturated carbocycles. The van der Waals surface area contributed by atoms with Crippen molar-refractivity contribution in [3.05, 3.63) is 29.6 Å². The van der Waals surface area contributed by atoms with Gasteiger partial charge in [0.1, 0.15) is 18.2 Å². The number of halogens is 1. The van der Waals surface area contributed by atoms with Gasteiger partial charge < -0.3 is 15.2 Å². The van der Waals surface area contributed by atoms with Crippen molar-refractivity contribution in [2.75, 3.05) is 6.61 Å². The van der Waals surface area contributed by atoms with Gasteiger partial charge in [0, 0.05) is 13.0 Å². The Hall–Kier alpha value is -2.44. The van der Waals surface area contributed by atoms with Gasteiger partial charge in [-0.05, 0) is 19.1 Å². The van der Waals surface area contributed by atoms with Gasteiger partial charge in [-0.25, -0.2) is 9.18 Å². The Morgan fingerprint density at radius 3 is 2.45 bits per heavy atom. The van der Waals surface area contributed by atoms with Crippen LogP contribution in [0.25, 0.3) is 0 Å². The Balaban J connectivity index is 2.73. The Kier molecular flexibility index (Phi) is 5.19. The molecule has 0 fully saturated rings. The minimum Gasteiger partial charge on any atom is -0.491 e. The molecule has 0 heterocycles. The summed E-state index contributed by atoms with van der Waals surface area (Å²) in [5.41, 5.74) is -0.0750. The van der Waals surface area contributed by atoms with Gasteiger partial charge in [-0.15, -0.1) is 0 Å². The number of aliphatic carboxylic acids is 1. The van der Waals surface area contributed by atoms with Crippen LogP contribution in [-0.2, 0) is 9.59 Å². The maximum atomic E-state index is 13.5. The zero-order valence-electron chi connectivity index (χ0n) is 11.0. The molecule has 108 valence electrons. The van der Waals surface area contributed by atoms with Crippen LogP contribution < -0.4 is 10.1 Å². The SMILES string of the molecule is CC(=O)NC(COc1ccc(C(C)=O)c(F)c1)C(=O)O. The van der Waals surface area contributed by atoms with E-state index in [1.807, 2.05) is 0 Å². The molecule has 1 amide bonds. The second-order valence-electron chi connectivity index (χ2n) is 4.10. The number of benzene rings is 1. The Morgan fingerprint density at radius 1 is 1.35 bits per heavy atom. The third kappa shape index (κ3) is 4.34. The standard InChI is InChI=1S/C13H14FNO5/c1-7(16)10-4-3-9(5-11(10)14)20-6-12(13(18)19)15-8(2)17/h3-5,12H,6H2,1-2H3,(H,15,17)(H,18,19). The molecule has 7 heteroatoms. The number of carboxylic acids is 1. The second-order valence-corrected chi connectivity index (χ2v) is 4.10. The van der Waals surface area contributed by atoms with Crippen LogP contribution in [0.2, 0.25) is 0 Å². The van der Waals surface area contributed by atoms with E-state index in [4.69, 9.17) is 9.84 Å². The first-order valence-corrected chi connectivity index (χ1v) is 5.74. The molecule has 0 aliphatic carbocycles. The normalized spacial score (nSPS) is 11.6. The fourth-order valence-corrected chi connectivity index (χ4v) is 1.47. The number of Topliss-reactive ketones (excluding diaryl/α,β-unsaturated/α-hetero) is 1. The lowest BCUT2D eigenvalue weighted by molar-refractivity contribution is -0.142. The molecule has 0 saturated heterocycles. The van der Waals surface area contributed by atoms with Crippen LogP contribution in [-0.4, -0.2) is 35.4 Å². The number of carboxylic acid groups (broad SMARTS) is 1. The summed E-state index contributed by atoms with van der Waals surface area (Å²) in [4.78, 5) is 32.7. The maximum absolute atomic E-state index is 13.5. The van der Waals surface area contributed by atoms with Crippen molar-refractivity contribution in [2.24, 2.45) is 0 Å². The number of hydrogen-bond donors (Lipinski definition) is 2. The van der Waals surface area contributed by atoms with Crippen LogP contribution in [0.3, 0.4) is 0 Å². The molecule has 20 heavy (non-hydrogen) atoms. The Bertz CT molecular complexity index is 544. The van der Waals surface area contributed by atoms with Crippen LogP contribution in [0.5, 0.6) is 5.75 Å².